The molecule has 1 aliphatic carbocycles. The van der Waals surface area contributed by atoms with E-state index in [0.717, 1.165) is 12.0 Å². The van der Waals surface area contributed by atoms with Crippen LogP contribution in [0.2, 0.25) is 0 Å². The molecule has 2 aromatic rings. The largest absolute Gasteiger partial charge is 0.351 e. The fourth-order valence-electron chi connectivity index (χ4n) is 4.43. The standard InChI is InChI=1S/C22H25NO3/c1-15-11-17(20-10-6-5-9-19(15)20)13-21(24)23-18(14-26-22(23)25)12-16-7-3-2-4-8-16/h2-10,15,17-18,22,25H,11-14H2,1H3/t15-,17+,18-,22?/m0/s1. The molecule has 26 heavy (non-hydrogen) atoms. The van der Waals surface area contributed by atoms with Crippen LogP contribution >= 0.6 is 0 Å². The van der Waals surface area contributed by atoms with Gasteiger partial charge in [0.15, 0.2) is 0 Å². The molecular weight excluding hydrogens is 326 g/mol. The monoisotopic (exact) mass is 351 g/mol. The van der Waals surface area contributed by atoms with Gasteiger partial charge >= 0.3 is 0 Å². The van der Waals surface area contributed by atoms with Gasteiger partial charge in [-0.25, -0.2) is 0 Å². The van der Waals surface area contributed by atoms with Crippen LogP contribution in [-0.4, -0.2) is 35.0 Å². The lowest BCUT2D eigenvalue weighted by atomic mass is 9.96. The minimum atomic E-state index is -1.13. The van der Waals surface area contributed by atoms with E-state index in [1.807, 2.05) is 36.4 Å². The molecule has 1 saturated heterocycles. The van der Waals surface area contributed by atoms with Crippen LogP contribution in [0.15, 0.2) is 54.6 Å². The Kier molecular flexibility index (Phi) is 4.79. The van der Waals surface area contributed by atoms with Gasteiger partial charge in [-0.15, -0.1) is 0 Å². The minimum Gasteiger partial charge on any atom is -0.351 e. The summed E-state index contributed by atoms with van der Waals surface area (Å²) in [7, 11) is 0. The zero-order chi connectivity index (χ0) is 18.1. The predicted molar refractivity (Wildman–Crippen MR) is 99.6 cm³/mol. The molecule has 4 atom stereocenters. The number of rotatable bonds is 4. The highest BCUT2D eigenvalue weighted by molar-refractivity contribution is 5.78. The molecule has 1 amide bonds. The summed E-state index contributed by atoms with van der Waals surface area (Å²) >= 11 is 0. The van der Waals surface area contributed by atoms with Gasteiger partial charge in [-0.2, -0.15) is 0 Å². The highest BCUT2D eigenvalue weighted by atomic mass is 16.6. The van der Waals surface area contributed by atoms with Crippen LogP contribution in [0.3, 0.4) is 0 Å². The Labute approximate surface area is 154 Å². The molecule has 1 aliphatic heterocycles. The molecule has 4 heteroatoms. The number of hydrogen-bond acceptors (Lipinski definition) is 3. The van der Waals surface area contributed by atoms with Gasteiger partial charge in [-0.1, -0.05) is 61.5 Å². The van der Waals surface area contributed by atoms with E-state index in [0.29, 0.717) is 25.4 Å². The van der Waals surface area contributed by atoms with E-state index >= 15 is 0 Å². The fraction of sp³-hybridized carbons (Fsp3) is 0.409. The van der Waals surface area contributed by atoms with Crippen molar-refractivity contribution in [1.29, 1.82) is 0 Å². The summed E-state index contributed by atoms with van der Waals surface area (Å²) in [5.74, 6) is 0.674. The van der Waals surface area contributed by atoms with Crippen LogP contribution < -0.4 is 0 Å². The zero-order valence-electron chi connectivity index (χ0n) is 15.0. The Hall–Kier alpha value is -2.17. The van der Waals surface area contributed by atoms with E-state index in [1.54, 1.807) is 4.90 Å². The molecule has 136 valence electrons. The lowest BCUT2D eigenvalue weighted by molar-refractivity contribution is -0.165. The van der Waals surface area contributed by atoms with Crippen molar-refractivity contribution in [1.82, 2.24) is 4.90 Å². The van der Waals surface area contributed by atoms with E-state index in [9.17, 15) is 9.90 Å². The van der Waals surface area contributed by atoms with Crippen LogP contribution in [0.1, 0.15) is 48.3 Å². The first-order valence-electron chi connectivity index (χ1n) is 9.37. The molecule has 0 aromatic heterocycles. The van der Waals surface area contributed by atoms with Gasteiger partial charge in [-0.3, -0.25) is 9.69 Å². The number of amides is 1. The topological polar surface area (TPSA) is 49.8 Å². The van der Waals surface area contributed by atoms with E-state index in [1.165, 1.54) is 11.1 Å². The normalized spacial score (nSPS) is 27.5. The van der Waals surface area contributed by atoms with Crippen molar-refractivity contribution < 1.29 is 14.6 Å². The molecule has 1 heterocycles. The van der Waals surface area contributed by atoms with E-state index < -0.39 is 6.41 Å². The van der Waals surface area contributed by atoms with Crippen LogP contribution in [0.5, 0.6) is 0 Å². The second-order valence-electron chi connectivity index (χ2n) is 7.47. The second kappa shape index (κ2) is 7.22. The first-order chi connectivity index (χ1) is 12.6. The average molecular weight is 351 g/mol. The first-order valence-corrected chi connectivity index (χ1v) is 9.37. The molecule has 0 radical (unpaired) electrons. The van der Waals surface area contributed by atoms with Gasteiger partial charge in [0.05, 0.1) is 12.6 Å². The SMILES string of the molecule is C[C@H]1C[C@H](CC(=O)N2C(O)OC[C@@H]2Cc2ccccc2)c2ccccc21. The Morgan fingerprint density at radius 2 is 1.81 bits per heavy atom. The molecule has 0 bridgehead atoms. The van der Waals surface area contributed by atoms with Crippen LogP contribution in [0.25, 0.3) is 0 Å². The summed E-state index contributed by atoms with van der Waals surface area (Å²) in [5.41, 5.74) is 3.78. The van der Waals surface area contributed by atoms with Crippen LogP contribution in [-0.2, 0) is 16.0 Å². The quantitative estimate of drug-likeness (QED) is 0.918. The van der Waals surface area contributed by atoms with Crippen molar-refractivity contribution in [2.45, 2.75) is 50.5 Å². The number of ether oxygens (including phenoxy) is 1. The van der Waals surface area contributed by atoms with Crippen LogP contribution in [0.4, 0.5) is 0 Å². The van der Waals surface area contributed by atoms with Crippen molar-refractivity contribution in [3.63, 3.8) is 0 Å². The third-order valence-electron chi connectivity index (χ3n) is 5.70. The van der Waals surface area contributed by atoms with Crippen molar-refractivity contribution in [2.75, 3.05) is 6.61 Å². The van der Waals surface area contributed by atoms with Gasteiger partial charge in [0.2, 0.25) is 12.3 Å². The van der Waals surface area contributed by atoms with Gasteiger partial charge < -0.3 is 9.84 Å². The molecule has 4 nitrogen and oxygen atoms in total. The second-order valence-corrected chi connectivity index (χ2v) is 7.47. The van der Waals surface area contributed by atoms with Crippen molar-refractivity contribution in [3.8, 4) is 0 Å². The van der Waals surface area contributed by atoms with E-state index in [4.69, 9.17) is 4.74 Å². The van der Waals surface area contributed by atoms with Gasteiger partial charge in [0.1, 0.15) is 0 Å². The number of nitrogens with zero attached hydrogens (tertiary/aromatic N) is 1. The van der Waals surface area contributed by atoms with E-state index in [-0.39, 0.29) is 17.9 Å². The van der Waals surface area contributed by atoms with Crippen molar-refractivity contribution in [3.05, 3.63) is 71.3 Å². The summed E-state index contributed by atoms with van der Waals surface area (Å²) in [5, 5.41) is 10.2. The maximum absolute atomic E-state index is 13.0. The number of benzene rings is 2. The van der Waals surface area contributed by atoms with Gasteiger partial charge in [0.25, 0.3) is 0 Å². The summed E-state index contributed by atoms with van der Waals surface area (Å²) in [4.78, 5) is 14.6. The molecule has 0 spiro atoms. The lowest BCUT2D eigenvalue weighted by Gasteiger charge is -2.27. The Morgan fingerprint density at radius 1 is 1.12 bits per heavy atom. The van der Waals surface area contributed by atoms with Crippen molar-refractivity contribution in [2.24, 2.45) is 0 Å². The predicted octanol–water partition coefficient (Wildman–Crippen LogP) is 3.41. The highest BCUT2D eigenvalue weighted by Gasteiger charge is 2.39. The molecule has 1 fully saturated rings. The summed E-state index contributed by atoms with van der Waals surface area (Å²) in [6.07, 6.45) is 0.971. The van der Waals surface area contributed by atoms with Gasteiger partial charge in [-0.05, 0) is 41.4 Å². The van der Waals surface area contributed by atoms with Gasteiger partial charge in [0, 0.05) is 6.42 Å². The average Bonchev–Trinajstić information content (AvgIpc) is 3.16. The maximum atomic E-state index is 13.0. The molecule has 1 unspecified atom stereocenters. The van der Waals surface area contributed by atoms with E-state index in [2.05, 4.69) is 25.1 Å². The molecule has 2 aliphatic rings. The number of fused-ring (bicyclic) bond motifs is 1. The van der Waals surface area contributed by atoms with Crippen LogP contribution in [0, 0.1) is 0 Å². The molecule has 4 rings (SSSR count). The number of aliphatic hydroxyl groups is 1. The Bertz CT molecular complexity index is 776. The Morgan fingerprint density at radius 3 is 2.58 bits per heavy atom. The fourth-order valence-corrected chi connectivity index (χ4v) is 4.43. The minimum absolute atomic E-state index is 0.0233. The summed E-state index contributed by atoms with van der Waals surface area (Å²) < 4.78 is 5.39. The third-order valence-corrected chi connectivity index (χ3v) is 5.70. The number of carbonyl (C=O) groups is 1. The number of carbonyl (C=O) groups excluding carboxylic acids is 1. The zero-order valence-corrected chi connectivity index (χ0v) is 15.0. The lowest BCUT2D eigenvalue weighted by Crippen LogP contribution is -2.43. The number of hydrogen-bond donors (Lipinski definition) is 1. The summed E-state index contributed by atoms with van der Waals surface area (Å²) in [6.45, 7) is 2.59. The van der Waals surface area contributed by atoms with Crippen molar-refractivity contribution >= 4 is 5.91 Å². The molecule has 2 aromatic carbocycles. The molecular formula is C22H25NO3. The summed E-state index contributed by atoms with van der Waals surface area (Å²) in [6, 6.07) is 18.3. The number of aliphatic hydroxyl groups excluding tert-OH is 1. The third kappa shape index (κ3) is 3.27. The Balaban J connectivity index is 1.48. The smallest absolute Gasteiger partial charge is 0.240 e. The first kappa shape index (κ1) is 17.3. The molecule has 0 saturated carbocycles. The maximum Gasteiger partial charge on any atom is 0.240 e. The molecule has 1 N–H and O–H groups in total. The highest BCUT2D eigenvalue weighted by Crippen LogP contribution is 2.43.